The van der Waals surface area contributed by atoms with Crippen molar-refractivity contribution >= 4 is 54.9 Å². The molecule has 7 heteroatoms. The Labute approximate surface area is 135 Å². The number of nitrogens with one attached hydrogen (secondary N) is 2. The number of nitrogens with two attached hydrogens (primary N) is 1. The molecule has 2 amide bonds. The van der Waals surface area contributed by atoms with Gasteiger partial charge in [-0.15, -0.1) is 11.3 Å². The highest BCUT2D eigenvalue weighted by atomic mass is 79.9. The van der Waals surface area contributed by atoms with Gasteiger partial charge in [0.15, 0.2) is 0 Å². The molecule has 0 aliphatic carbocycles. The maximum absolute atomic E-state index is 12.1. The number of anilines is 1. The molecule has 21 heavy (non-hydrogen) atoms. The Morgan fingerprint density at radius 2 is 2.10 bits per heavy atom. The fraction of sp³-hybridized carbons (Fsp3) is 0.286. The van der Waals surface area contributed by atoms with Crippen LogP contribution in [-0.4, -0.2) is 24.9 Å². The summed E-state index contributed by atoms with van der Waals surface area (Å²) < 4.78 is 1.79. The molecule has 0 saturated heterocycles. The fourth-order valence-corrected chi connectivity index (χ4v) is 3.64. The molecule has 2 aromatic rings. The Morgan fingerprint density at radius 3 is 2.76 bits per heavy atom. The number of hydrogen-bond acceptors (Lipinski definition) is 4. The standard InChI is InChI=1S/C14H16BrN3O2S/c1-2-6-17-10(19)7-18-14(20)13-12(16)11-8(15)4-3-5-9(11)21-13/h3-5H,2,6-7,16H2,1H3,(H,17,19)(H,18,20). The van der Waals surface area contributed by atoms with Gasteiger partial charge in [-0.2, -0.15) is 0 Å². The first-order valence-corrected chi connectivity index (χ1v) is 8.17. The molecule has 2 rings (SSSR count). The molecule has 1 aromatic heterocycles. The number of rotatable bonds is 5. The normalized spacial score (nSPS) is 10.6. The van der Waals surface area contributed by atoms with Gasteiger partial charge in [0.05, 0.1) is 12.2 Å². The van der Waals surface area contributed by atoms with E-state index in [1.54, 1.807) is 0 Å². The van der Waals surface area contributed by atoms with Gasteiger partial charge in [0, 0.05) is 21.1 Å². The summed E-state index contributed by atoms with van der Waals surface area (Å²) in [7, 11) is 0. The van der Waals surface area contributed by atoms with Gasteiger partial charge in [-0.3, -0.25) is 9.59 Å². The van der Waals surface area contributed by atoms with E-state index in [4.69, 9.17) is 5.73 Å². The average Bonchev–Trinajstić information content (AvgIpc) is 2.81. The van der Waals surface area contributed by atoms with Crippen LogP contribution in [0.1, 0.15) is 23.0 Å². The van der Waals surface area contributed by atoms with Crippen molar-refractivity contribution in [3.63, 3.8) is 0 Å². The summed E-state index contributed by atoms with van der Waals surface area (Å²) in [6.45, 7) is 2.52. The zero-order chi connectivity index (χ0) is 15.4. The lowest BCUT2D eigenvalue weighted by atomic mass is 10.2. The van der Waals surface area contributed by atoms with Crippen molar-refractivity contribution in [3.8, 4) is 0 Å². The fourth-order valence-electron chi connectivity index (χ4n) is 1.87. The number of amides is 2. The van der Waals surface area contributed by atoms with E-state index in [2.05, 4.69) is 26.6 Å². The predicted molar refractivity (Wildman–Crippen MR) is 89.6 cm³/mol. The maximum atomic E-state index is 12.1. The molecule has 0 aliphatic heterocycles. The van der Waals surface area contributed by atoms with Crippen molar-refractivity contribution in [2.24, 2.45) is 0 Å². The monoisotopic (exact) mass is 369 g/mol. The van der Waals surface area contributed by atoms with E-state index in [-0.39, 0.29) is 18.4 Å². The van der Waals surface area contributed by atoms with E-state index in [9.17, 15) is 9.59 Å². The van der Waals surface area contributed by atoms with Gasteiger partial charge in [-0.05, 0) is 18.6 Å². The lowest BCUT2D eigenvalue weighted by Gasteiger charge is -2.05. The number of hydrogen-bond donors (Lipinski definition) is 3. The van der Waals surface area contributed by atoms with Crippen LogP contribution in [0, 0.1) is 0 Å². The average molecular weight is 370 g/mol. The van der Waals surface area contributed by atoms with Crippen molar-refractivity contribution in [2.75, 3.05) is 18.8 Å². The van der Waals surface area contributed by atoms with Crippen LogP contribution >= 0.6 is 27.3 Å². The smallest absolute Gasteiger partial charge is 0.263 e. The number of fused-ring (bicyclic) bond motifs is 1. The Kier molecular flexibility index (Phi) is 5.19. The number of carbonyl (C=O) groups is 2. The first kappa shape index (κ1) is 15.8. The largest absolute Gasteiger partial charge is 0.397 e. The summed E-state index contributed by atoms with van der Waals surface area (Å²) in [6, 6.07) is 5.68. The van der Waals surface area contributed by atoms with Gasteiger partial charge in [0.1, 0.15) is 4.88 Å². The molecule has 0 aliphatic rings. The molecule has 5 nitrogen and oxygen atoms in total. The SMILES string of the molecule is CCCNC(=O)CNC(=O)c1sc2cccc(Br)c2c1N. The Balaban J connectivity index is 2.11. The second-order valence-electron chi connectivity index (χ2n) is 4.49. The molecular formula is C14H16BrN3O2S. The molecule has 0 radical (unpaired) electrons. The zero-order valence-corrected chi connectivity index (χ0v) is 13.9. The van der Waals surface area contributed by atoms with E-state index in [0.717, 1.165) is 21.0 Å². The van der Waals surface area contributed by atoms with Gasteiger partial charge in [-0.25, -0.2) is 0 Å². The van der Waals surface area contributed by atoms with Gasteiger partial charge in [-0.1, -0.05) is 28.9 Å². The molecular weight excluding hydrogens is 354 g/mol. The molecule has 4 N–H and O–H groups in total. The minimum absolute atomic E-state index is 0.0479. The lowest BCUT2D eigenvalue weighted by molar-refractivity contribution is -0.120. The lowest BCUT2D eigenvalue weighted by Crippen LogP contribution is -2.37. The minimum atomic E-state index is -0.327. The van der Waals surface area contributed by atoms with E-state index < -0.39 is 0 Å². The predicted octanol–water partition coefficient (Wildman–Crippen LogP) is 2.50. The maximum Gasteiger partial charge on any atom is 0.263 e. The van der Waals surface area contributed by atoms with Gasteiger partial charge in [0.25, 0.3) is 5.91 Å². The summed E-state index contributed by atoms with van der Waals surface area (Å²) >= 11 is 4.75. The van der Waals surface area contributed by atoms with Crippen LogP contribution in [0.3, 0.4) is 0 Å². The van der Waals surface area contributed by atoms with Crippen LogP contribution in [0.5, 0.6) is 0 Å². The second-order valence-corrected chi connectivity index (χ2v) is 6.40. The van der Waals surface area contributed by atoms with Crippen LogP contribution in [-0.2, 0) is 4.79 Å². The number of halogens is 1. The van der Waals surface area contributed by atoms with Crippen LogP contribution in [0.25, 0.3) is 10.1 Å². The van der Waals surface area contributed by atoms with Crippen molar-refractivity contribution in [2.45, 2.75) is 13.3 Å². The van der Waals surface area contributed by atoms with Crippen LogP contribution in [0.4, 0.5) is 5.69 Å². The van der Waals surface area contributed by atoms with Gasteiger partial charge in [0.2, 0.25) is 5.91 Å². The number of carbonyl (C=O) groups excluding carboxylic acids is 2. The highest BCUT2D eigenvalue weighted by Crippen LogP contribution is 2.37. The molecule has 0 fully saturated rings. The topological polar surface area (TPSA) is 84.2 Å². The summed E-state index contributed by atoms with van der Waals surface area (Å²) in [4.78, 5) is 24.1. The molecule has 0 unspecified atom stereocenters. The summed E-state index contributed by atoms with van der Waals surface area (Å²) in [5.41, 5.74) is 6.49. The Morgan fingerprint density at radius 1 is 1.33 bits per heavy atom. The number of benzene rings is 1. The van der Waals surface area contributed by atoms with Gasteiger partial charge < -0.3 is 16.4 Å². The van der Waals surface area contributed by atoms with Crippen LogP contribution in [0.2, 0.25) is 0 Å². The molecule has 0 atom stereocenters. The third kappa shape index (κ3) is 3.54. The Hall–Kier alpha value is -1.60. The molecule has 0 bridgehead atoms. The molecule has 0 spiro atoms. The molecule has 1 heterocycles. The van der Waals surface area contributed by atoms with Crippen LogP contribution in [0.15, 0.2) is 22.7 Å². The third-order valence-electron chi connectivity index (χ3n) is 2.89. The van der Waals surface area contributed by atoms with E-state index >= 15 is 0 Å². The van der Waals surface area contributed by atoms with E-state index in [1.807, 2.05) is 25.1 Å². The molecule has 112 valence electrons. The summed E-state index contributed by atoms with van der Waals surface area (Å²) in [6.07, 6.45) is 0.858. The van der Waals surface area contributed by atoms with Crippen molar-refractivity contribution in [1.29, 1.82) is 0 Å². The van der Waals surface area contributed by atoms with Crippen molar-refractivity contribution in [1.82, 2.24) is 10.6 Å². The highest BCUT2D eigenvalue weighted by Gasteiger charge is 2.18. The number of nitrogen functional groups attached to an aromatic ring is 1. The van der Waals surface area contributed by atoms with Gasteiger partial charge >= 0.3 is 0 Å². The highest BCUT2D eigenvalue weighted by molar-refractivity contribution is 9.10. The first-order chi connectivity index (χ1) is 10.0. The molecule has 1 aromatic carbocycles. The molecule has 0 saturated carbocycles. The van der Waals surface area contributed by atoms with Crippen LogP contribution < -0.4 is 16.4 Å². The summed E-state index contributed by atoms with van der Waals surface area (Å²) in [5.74, 6) is -0.529. The Bertz CT molecular complexity index is 684. The minimum Gasteiger partial charge on any atom is -0.397 e. The zero-order valence-electron chi connectivity index (χ0n) is 11.5. The second kappa shape index (κ2) is 6.91. The quantitative estimate of drug-likeness (QED) is 0.756. The van der Waals surface area contributed by atoms with E-state index in [1.165, 1.54) is 11.3 Å². The van der Waals surface area contributed by atoms with Crippen molar-refractivity contribution < 1.29 is 9.59 Å². The van der Waals surface area contributed by atoms with E-state index in [0.29, 0.717) is 17.1 Å². The van der Waals surface area contributed by atoms with Crippen molar-refractivity contribution in [3.05, 3.63) is 27.5 Å². The first-order valence-electron chi connectivity index (χ1n) is 6.56. The third-order valence-corrected chi connectivity index (χ3v) is 4.72. The summed E-state index contributed by atoms with van der Waals surface area (Å²) in [5, 5.41) is 6.13. The number of thiophene rings is 1.